The van der Waals surface area contributed by atoms with Crippen molar-refractivity contribution in [1.82, 2.24) is 9.88 Å². The van der Waals surface area contributed by atoms with E-state index in [0.29, 0.717) is 0 Å². The van der Waals surface area contributed by atoms with Crippen LogP contribution in [-0.2, 0) is 11.2 Å². The first kappa shape index (κ1) is 17.1. The summed E-state index contributed by atoms with van der Waals surface area (Å²) in [6.07, 6.45) is 9.26. The molecule has 0 bridgehead atoms. The van der Waals surface area contributed by atoms with Gasteiger partial charge in [-0.15, -0.1) is 0 Å². The van der Waals surface area contributed by atoms with Crippen molar-refractivity contribution in [2.45, 2.75) is 58.8 Å². The standard InChI is InChI=1S/C15H17N.C6H13NO/c1-2-5-12-10(4-1)8-11-9-16-14-7-3-6-13(12)15(11)14;1-4-7(5-2)6(3)8/h3,6-7,9-10,12,16H,1-2,4-5,8H2;4-5H2,1-3H3. The van der Waals surface area contributed by atoms with Crippen molar-refractivity contribution in [1.29, 1.82) is 0 Å². The summed E-state index contributed by atoms with van der Waals surface area (Å²) in [5.41, 5.74) is 4.54. The van der Waals surface area contributed by atoms with Gasteiger partial charge in [0.2, 0.25) is 5.91 Å². The van der Waals surface area contributed by atoms with Gasteiger partial charge in [0.05, 0.1) is 0 Å². The molecule has 1 fully saturated rings. The summed E-state index contributed by atoms with van der Waals surface area (Å²) in [5, 5.41) is 1.55. The van der Waals surface area contributed by atoms with E-state index in [1.807, 2.05) is 13.8 Å². The van der Waals surface area contributed by atoms with Crippen molar-refractivity contribution < 1.29 is 4.79 Å². The van der Waals surface area contributed by atoms with E-state index >= 15 is 0 Å². The van der Waals surface area contributed by atoms with Crippen molar-refractivity contribution in [3.8, 4) is 0 Å². The first-order valence-corrected chi connectivity index (χ1v) is 9.50. The van der Waals surface area contributed by atoms with Gasteiger partial charge in [0, 0.05) is 37.1 Å². The Kier molecular flexibility index (Phi) is 5.27. The summed E-state index contributed by atoms with van der Waals surface area (Å²) in [4.78, 5) is 15.7. The average Bonchev–Trinajstić information content (AvgIpc) is 3.01. The number of nitrogens with one attached hydrogen (secondary N) is 1. The van der Waals surface area contributed by atoms with Crippen LogP contribution in [0.3, 0.4) is 0 Å². The Bertz CT molecular complexity index is 699. The van der Waals surface area contributed by atoms with Gasteiger partial charge in [-0.05, 0) is 62.1 Å². The number of H-pyrrole nitrogens is 1. The van der Waals surface area contributed by atoms with Crippen LogP contribution in [0.2, 0.25) is 0 Å². The van der Waals surface area contributed by atoms with E-state index < -0.39 is 0 Å². The molecule has 0 aliphatic heterocycles. The monoisotopic (exact) mass is 326 g/mol. The minimum Gasteiger partial charge on any atom is -0.361 e. The molecule has 1 heterocycles. The van der Waals surface area contributed by atoms with E-state index in [9.17, 15) is 4.79 Å². The van der Waals surface area contributed by atoms with Gasteiger partial charge in [-0.2, -0.15) is 0 Å². The molecule has 0 saturated heterocycles. The smallest absolute Gasteiger partial charge is 0.219 e. The summed E-state index contributed by atoms with van der Waals surface area (Å²) in [7, 11) is 0. The Hall–Kier alpha value is -1.77. The van der Waals surface area contributed by atoms with Crippen LogP contribution < -0.4 is 0 Å². The molecular formula is C21H30N2O. The zero-order valence-corrected chi connectivity index (χ0v) is 15.3. The molecule has 0 spiro atoms. The van der Waals surface area contributed by atoms with Gasteiger partial charge >= 0.3 is 0 Å². The van der Waals surface area contributed by atoms with Gasteiger partial charge in [0.15, 0.2) is 0 Å². The fourth-order valence-electron chi connectivity index (χ4n) is 4.57. The lowest BCUT2D eigenvalue weighted by Crippen LogP contribution is -2.27. The Morgan fingerprint density at radius 3 is 2.62 bits per heavy atom. The molecule has 0 radical (unpaired) electrons. The van der Waals surface area contributed by atoms with E-state index in [4.69, 9.17) is 0 Å². The van der Waals surface area contributed by atoms with Crippen LogP contribution in [0, 0.1) is 5.92 Å². The van der Waals surface area contributed by atoms with Crippen molar-refractivity contribution in [3.05, 3.63) is 35.5 Å². The van der Waals surface area contributed by atoms with Crippen LogP contribution in [0.1, 0.15) is 63.5 Å². The van der Waals surface area contributed by atoms with Crippen molar-refractivity contribution in [2.24, 2.45) is 5.92 Å². The number of carbonyl (C=O) groups excluding carboxylic acids is 1. The van der Waals surface area contributed by atoms with Gasteiger partial charge in [-0.25, -0.2) is 0 Å². The third-order valence-corrected chi connectivity index (χ3v) is 5.82. The van der Waals surface area contributed by atoms with Crippen LogP contribution >= 0.6 is 0 Å². The number of hydrogen-bond acceptors (Lipinski definition) is 1. The fourth-order valence-corrected chi connectivity index (χ4v) is 4.57. The van der Waals surface area contributed by atoms with Crippen LogP contribution in [0.15, 0.2) is 24.4 Å². The van der Waals surface area contributed by atoms with Gasteiger partial charge < -0.3 is 9.88 Å². The molecule has 1 aromatic heterocycles. The maximum atomic E-state index is 10.5. The SMILES string of the molecule is CCN(CC)C(C)=O.c1cc2c3c(c[nH]c3c1)CC1CCCCC21. The van der Waals surface area contributed by atoms with Gasteiger partial charge in [-0.1, -0.05) is 25.0 Å². The first-order valence-electron chi connectivity index (χ1n) is 9.50. The summed E-state index contributed by atoms with van der Waals surface area (Å²) < 4.78 is 0. The number of rotatable bonds is 2. The zero-order valence-electron chi connectivity index (χ0n) is 15.3. The zero-order chi connectivity index (χ0) is 17.1. The van der Waals surface area contributed by atoms with Crippen LogP contribution in [0.25, 0.3) is 10.9 Å². The van der Waals surface area contributed by atoms with Gasteiger partial charge in [0.25, 0.3) is 0 Å². The second-order valence-corrected chi connectivity index (χ2v) is 7.13. The Labute approximate surface area is 145 Å². The first-order chi connectivity index (χ1) is 11.7. The lowest BCUT2D eigenvalue weighted by Gasteiger charge is -2.35. The van der Waals surface area contributed by atoms with E-state index in [1.165, 1.54) is 37.6 Å². The summed E-state index contributed by atoms with van der Waals surface area (Å²) in [6.45, 7) is 7.19. The Morgan fingerprint density at radius 2 is 1.96 bits per heavy atom. The molecule has 3 nitrogen and oxygen atoms in total. The molecule has 3 heteroatoms. The minimum absolute atomic E-state index is 0.162. The molecule has 130 valence electrons. The van der Waals surface area contributed by atoms with Crippen molar-refractivity contribution >= 4 is 16.8 Å². The van der Waals surface area contributed by atoms with E-state index in [0.717, 1.165) is 24.9 Å². The molecular weight excluding hydrogens is 296 g/mol. The molecule has 1 aromatic carbocycles. The van der Waals surface area contributed by atoms with Gasteiger partial charge in [0.1, 0.15) is 0 Å². The molecule has 24 heavy (non-hydrogen) atoms. The molecule has 4 rings (SSSR count). The topological polar surface area (TPSA) is 36.1 Å². The lowest BCUT2D eigenvalue weighted by molar-refractivity contribution is -0.128. The molecule has 2 atom stereocenters. The fraction of sp³-hybridized carbons (Fsp3) is 0.571. The Morgan fingerprint density at radius 1 is 1.21 bits per heavy atom. The molecule has 1 amide bonds. The maximum absolute atomic E-state index is 10.5. The highest BCUT2D eigenvalue weighted by Crippen LogP contribution is 2.46. The number of carbonyl (C=O) groups is 1. The number of fused-ring (bicyclic) bond motifs is 2. The molecule has 2 unspecified atom stereocenters. The van der Waals surface area contributed by atoms with Gasteiger partial charge in [-0.3, -0.25) is 4.79 Å². The summed E-state index contributed by atoms with van der Waals surface area (Å²) in [6, 6.07) is 6.79. The lowest BCUT2D eigenvalue weighted by atomic mass is 9.69. The van der Waals surface area contributed by atoms with E-state index in [1.54, 1.807) is 28.3 Å². The molecule has 1 saturated carbocycles. The number of benzene rings is 1. The average molecular weight is 326 g/mol. The Balaban J connectivity index is 0.000000183. The van der Waals surface area contributed by atoms with Crippen molar-refractivity contribution in [2.75, 3.05) is 13.1 Å². The van der Waals surface area contributed by atoms with Crippen molar-refractivity contribution in [3.63, 3.8) is 0 Å². The van der Waals surface area contributed by atoms with E-state index in [-0.39, 0.29) is 5.91 Å². The maximum Gasteiger partial charge on any atom is 0.219 e. The largest absolute Gasteiger partial charge is 0.361 e. The highest BCUT2D eigenvalue weighted by atomic mass is 16.2. The minimum atomic E-state index is 0.162. The van der Waals surface area contributed by atoms with Crippen LogP contribution in [0.4, 0.5) is 0 Å². The van der Waals surface area contributed by atoms with Crippen LogP contribution in [-0.4, -0.2) is 28.9 Å². The second kappa shape index (κ2) is 7.42. The normalized spacial score (nSPS) is 21.6. The molecule has 2 aliphatic carbocycles. The number of aromatic nitrogens is 1. The molecule has 2 aliphatic rings. The molecule has 1 N–H and O–H groups in total. The van der Waals surface area contributed by atoms with E-state index in [2.05, 4.69) is 29.4 Å². The number of amides is 1. The highest BCUT2D eigenvalue weighted by molar-refractivity contribution is 5.88. The number of nitrogens with zero attached hydrogens (tertiary/aromatic N) is 1. The summed E-state index contributed by atoms with van der Waals surface area (Å²) >= 11 is 0. The predicted octanol–water partition coefficient (Wildman–Crippen LogP) is 4.87. The third-order valence-electron chi connectivity index (χ3n) is 5.82. The van der Waals surface area contributed by atoms with Crippen LogP contribution in [0.5, 0.6) is 0 Å². The highest BCUT2D eigenvalue weighted by Gasteiger charge is 2.32. The number of aromatic amines is 1. The third kappa shape index (κ3) is 3.22. The quantitative estimate of drug-likeness (QED) is 0.839. The second-order valence-electron chi connectivity index (χ2n) is 7.13. The summed E-state index contributed by atoms with van der Waals surface area (Å²) in [5.74, 6) is 1.93. The predicted molar refractivity (Wildman–Crippen MR) is 100 cm³/mol. The molecule has 2 aromatic rings. The number of hydrogen-bond donors (Lipinski definition) is 1.